The molecule has 0 radical (unpaired) electrons. The fourth-order valence-corrected chi connectivity index (χ4v) is 3.97. The number of nitrogens with one attached hydrogen (secondary N) is 1. The molecule has 0 saturated carbocycles. The fourth-order valence-electron chi connectivity index (χ4n) is 3.97. The van der Waals surface area contributed by atoms with Crippen molar-refractivity contribution in [2.24, 2.45) is 11.8 Å². The molecule has 2 aromatic rings. The van der Waals surface area contributed by atoms with Crippen molar-refractivity contribution in [2.45, 2.75) is 39.2 Å². The number of halogens is 1. The Hall–Kier alpha value is -2.21. The molecule has 146 valence electrons. The number of likely N-dealkylation sites (tertiary alicyclic amines) is 1. The molecule has 0 spiro atoms. The Morgan fingerprint density at radius 1 is 1.33 bits per heavy atom. The summed E-state index contributed by atoms with van der Waals surface area (Å²) in [6.07, 6.45) is 6.72. The van der Waals surface area contributed by atoms with Gasteiger partial charge in [0.1, 0.15) is 5.82 Å². The third kappa shape index (κ3) is 4.56. The summed E-state index contributed by atoms with van der Waals surface area (Å²) < 4.78 is 14.9. The number of hydrogen-bond donors (Lipinski definition) is 1. The van der Waals surface area contributed by atoms with E-state index in [-0.39, 0.29) is 23.7 Å². The van der Waals surface area contributed by atoms with Gasteiger partial charge in [-0.3, -0.25) is 4.79 Å². The highest BCUT2D eigenvalue weighted by atomic mass is 19.1. The summed E-state index contributed by atoms with van der Waals surface area (Å²) in [5.74, 6) is 0.769. The molecule has 1 fully saturated rings. The van der Waals surface area contributed by atoms with Crippen molar-refractivity contribution in [3.8, 4) is 5.69 Å². The molecule has 27 heavy (non-hydrogen) atoms. The van der Waals surface area contributed by atoms with E-state index in [1.165, 1.54) is 25.0 Å². The molecule has 1 aliphatic heterocycles. The van der Waals surface area contributed by atoms with Gasteiger partial charge < -0.3 is 10.2 Å². The zero-order valence-corrected chi connectivity index (χ0v) is 16.4. The number of amides is 1. The van der Waals surface area contributed by atoms with Gasteiger partial charge in [-0.1, -0.05) is 20.3 Å². The molecule has 2 heterocycles. The maximum Gasteiger partial charge on any atom is 0.223 e. The van der Waals surface area contributed by atoms with Gasteiger partial charge in [0.05, 0.1) is 17.9 Å². The van der Waals surface area contributed by atoms with Gasteiger partial charge in [0.2, 0.25) is 5.91 Å². The van der Waals surface area contributed by atoms with Crippen molar-refractivity contribution in [2.75, 3.05) is 20.1 Å². The van der Waals surface area contributed by atoms with Crippen LogP contribution in [-0.4, -0.2) is 40.7 Å². The van der Waals surface area contributed by atoms with Crippen LogP contribution in [0.2, 0.25) is 0 Å². The number of aromatic nitrogens is 2. The minimum atomic E-state index is -0.268. The van der Waals surface area contributed by atoms with Crippen molar-refractivity contribution in [1.29, 1.82) is 0 Å². The highest BCUT2D eigenvalue weighted by Crippen LogP contribution is 2.36. The number of carbonyl (C=O) groups is 1. The van der Waals surface area contributed by atoms with Gasteiger partial charge in [-0.05, 0) is 43.1 Å². The first kappa shape index (κ1) is 19.5. The van der Waals surface area contributed by atoms with Crippen LogP contribution in [0.5, 0.6) is 0 Å². The zero-order valence-electron chi connectivity index (χ0n) is 16.4. The molecule has 1 unspecified atom stereocenters. The van der Waals surface area contributed by atoms with E-state index in [0.29, 0.717) is 12.3 Å². The topological polar surface area (TPSA) is 50.2 Å². The van der Waals surface area contributed by atoms with Gasteiger partial charge in [0.15, 0.2) is 0 Å². The number of benzene rings is 1. The van der Waals surface area contributed by atoms with Gasteiger partial charge >= 0.3 is 0 Å². The van der Waals surface area contributed by atoms with Gasteiger partial charge in [-0.25, -0.2) is 9.07 Å². The first-order chi connectivity index (χ1) is 13.0. The molecule has 1 amide bonds. The summed E-state index contributed by atoms with van der Waals surface area (Å²) in [7, 11) is 1.86. The molecule has 1 aromatic heterocycles. The summed E-state index contributed by atoms with van der Waals surface area (Å²) >= 11 is 0. The van der Waals surface area contributed by atoms with Crippen LogP contribution >= 0.6 is 0 Å². The monoisotopic (exact) mass is 372 g/mol. The van der Waals surface area contributed by atoms with E-state index in [1.807, 2.05) is 24.3 Å². The molecule has 6 heteroatoms. The third-order valence-electron chi connectivity index (χ3n) is 5.41. The quantitative estimate of drug-likeness (QED) is 0.771. The standard InChI is InChI=1S/C21H29FN4O/c1-4-5-15(2)11-23-12-16-10-20(27)25(3)21(16)17-13-24-26(14-17)19-8-6-18(22)7-9-19/h6-9,13-16,21,23H,4-5,10-12H2,1-3H3/t15?,16-,21+/m0/s1. The first-order valence-corrected chi connectivity index (χ1v) is 9.76. The van der Waals surface area contributed by atoms with Crippen LogP contribution in [0.1, 0.15) is 44.7 Å². The van der Waals surface area contributed by atoms with E-state index in [2.05, 4.69) is 24.3 Å². The van der Waals surface area contributed by atoms with E-state index in [1.54, 1.807) is 16.8 Å². The molecular formula is C21H29FN4O. The normalized spacial score (nSPS) is 21.0. The van der Waals surface area contributed by atoms with Crippen LogP contribution < -0.4 is 5.32 Å². The van der Waals surface area contributed by atoms with Crippen molar-refractivity contribution in [1.82, 2.24) is 20.0 Å². The van der Waals surface area contributed by atoms with E-state index in [9.17, 15) is 9.18 Å². The van der Waals surface area contributed by atoms with Gasteiger partial charge in [-0.2, -0.15) is 5.10 Å². The number of hydrogen-bond acceptors (Lipinski definition) is 3. The number of rotatable bonds is 8. The van der Waals surface area contributed by atoms with Crippen molar-refractivity contribution in [3.05, 3.63) is 48.0 Å². The molecule has 1 N–H and O–H groups in total. The Morgan fingerprint density at radius 2 is 2.07 bits per heavy atom. The maximum atomic E-state index is 13.1. The number of carbonyl (C=O) groups excluding carboxylic acids is 1. The highest BCUT2D eigenvalue weighted by Gasteiger charge is 2.38. The Bertz CT molecular complexity index is 758. The molecule has 3 rings (SSSR count). The smallest absolute Gasteiger partial charge is 0.223 e. The molecule has 0 bridgehead atoms. The lowest BCUT2D eigenvalue weighted by Crippen LogP contribution is -2.31. The summed E-state index contributed by atoms with van der Waals surface area (Å²) in [5, 5.41) is 7.97. The maximum absolute atomic E-state index is 13.1. The van der Waals surface area contributed by atoms with E-state index in [4.69, 9.17) is 0 Å². The van der Waals surface area contributed by atoms with Crippen LogP contribution in [0.15, 0.2) is 36.7 Å². The van der Waals surface area contributed by atoms with Crippen LogP contribution in [0, 0.1) is 17.7 Å². The van der Waals surface area contributed by atoms with E-state index in [0.717, 1.165) is 24.3 Å². The second-order valence-corrected chi connectivity index (χ2v) is 7.66. The molecule has 0 aliphatic carbocycles. The lowest BCUT2D eigenvalue weighted by atomic mass is 9.95. The molecule has 1 aliphatic rings. The Kier molecular flexibility index (Phi) is 6.26. The Balaban J connectivity index is 1.70. The zero-order chi connectivity index (χ0) is 19.4. The lowest BCUT2D eigenvalue weighted by Gasteiger charge is -2.24. The molecule has 1 saturated heterocycles. The third-order valence-corrected chi connectivity index (χ3v) is 5.41. The van der Waals surface area contributed by atoms with Gasteiger partial charge in [-0.15, -0.1) is 0 Å². The van der Waals surface area contributed by atoms with Crippen LogP contribution in [0.3, 0.4) is 0 Å². The Morgan fingerprint density at radius 3 is 2.78 bits per heavy atom. The average Bonchev–Trinajstić information content (AvgIpc) is 3.21. The summed E-state index contributed by atoms with van der Waals surface area (Å²) in [6, 6.07) is 6.26. The van der Waals surface area contributed by atoms with E-state index >= 15 is 0 Å². The predicted octanol–water partition coefficient (Wildman–Crippen LogP) is 3.56. The second kappa shape index (κ2) is 8.65. The molecule has 1 aromatic carbocycles. The second-order valence-electron chi connectivity index (χ2n) is 7.66. The van der Waals surface area contributed by atoms with Crippen molar-refractivity contribution in [3.63, 3.8) is 0 Å². The van der Waals surface area contributed by atoms with Crippen molar-refractivity contribution < 1.29 is 9.18 Å². The lowest BCUT2D eigenvalue weighted by molar-refractivity contribution is -0.127. The van der Waals surface area contributed by atoms with Crippen LogP contribution in [-0.2, 0) is 4.79 Å². The summed E-state index contributed by atoms with van der Waals surface area (Å²) in [6.45, 7) is 6.25. The average molecular weight is 372 g/mol. The van der Waals surface area contributed by atoms with Crippen LogP contribution in [0.25, 0.3) is 5.69 Å². The Labute approximate surface area is 160 Å². The van der Waals surface area contributed by atoms with Gasteiger partial charge in [0, 0.05) is 37.7 Å². The summed E-state index contributed by atoms with van der Waals surface area (Å²) in [4.78, 5) is 14.1. The molecule has 5 nitrogen and oxygen atoms in total. The van der Waals surface area contributed by atoms with Crippen LogP contribution in [0.4, 0.5) is 4.39 Å². The molecule has 3 atom stereocenters. The SMILES string of the molecule is CCCC(C)CNC[C@@H]1CC(=O)N(C)[C@H]1c1cnn(-c2ccc(F)cc2)c1. The summed E-state index contributed by atoms with van der Waals surface area (Å²) in [5.41, 5.74) is 1.82. The van der Waals surface area contributed by atoms with Gasteiger partial charge in [0.25, 0.3) is 0 Å². The van der Waals surface area contributed by atoms with E-state index < -0.39 is 0 Å². The number of nitrogens with zero attached hydrogens (tertiary/aromatic N) is 3. The fraction of sp³-hybridized carbons (Fsp3) is 0.524. The molecular weight excluding hydrogens is 343 g/mol. The minimum absolute atomic E-state index is 0.0145. The first-order valence-electron chi connectivity index (χ1n) is 9.76. The minimum Gasteiger partial charge on any atom is -0.338 e. The van der Waals surface area contributed by atoms with Crippen molar-refractivity contribution >= 4 is 5.91 Å². The largest absolute Gasteiger partial charge is 0.338 e. The predicted molar refractivity (Wildman–Crippen MR) is 104 cm³/mol. The highest BCUT2D eigenvalue weighted by molar-refractivity contribution is 5.79.